The second-order valence-corrected chi connectivity index (χ2v) is 7.15. The molecule has 2 aromatic rings. The van der Waals surface area contributed by atoms with Crippen LogP contribution in [-0.4, -0.2) is 13.4 Å². The van der Waals surface area contributed by atoms with Gasteiger partial charge < -0.3 is 0 Å². The molecule has 0 bridgehead atoms. The van der Waals surface area contributed by atoms with E-state index >= 15 is 0 Å². The number of nitrogens with zero attached hydrogens (tertiary/aromatic N) is 1. The summed E-state index contributed by atoms with van der Waals surface area (Å²) in [5.41, 5.74) is 2.86. The van der Waals surface area contributed by atoms with Gasteiger partial charge in [-0.15, -0.1) is 0 Å². The van der Waals surface area contributed by atoms with Crippen molar-refractivity contribution in [3.05, 3.63) is 57.8 Å². The summed E-state index contributed by atoms with van der Waals surface area (Å²) in [4.78, 5) is 4.24. The van der Waals surface area contributed by atoms with Gasteiger partial charge in [0.15, 0.2) is 0 Å². The van der Waals surface area contributed by atoms with Crippen molar-refractivity contribution >= 4 is 26.0 Å². The number of hydrogen-bond donors (Lipinski definition) is 1. The number of hydrogen-bond acceptors (Lipinski definition) is 3. The maximum absolute atomic E-state index is 12.3. The molecule has 0 atom stereocenters. The molecule has 0 fully saturated rings. The van der Waals surface area contributed by atoms with Crippen LogP contribution < -0.4 is 4.72 Å². The van der Waals surface area contributed by atoms with Crippen molar-refractivity contribution in [3.8, 4) is 0 Å². The third kappa shape index (κ3) is 3.45. The van der Waals surface area contributed by atoms with E-state index in [1.807, 2.05) is 19.9 Å². The van der Waals surface area contributed by atoms with Gasteiger partial charge in [0.05, 0.1) is 4.90 Å². The van der Waals surface area contributed by atoms with Gasteiger partial charge in [0.25, 0.3) is 0 Å². The normalized spacial score (nSPS) is 11.6. The van der Waals surface area contributed by atoms with Crippen LogP contribution in [0.3, 0.4) is 0 Å². The monoisotopic (exact) mass is 354 g/mol. The van der Waals surface area contributed by atoms with Gasteiger partial charge in [-0.25, -0.2) is 13.1 Å². The lowest BCUT2D eigenvalue weighted by atomic mass is 10.2. The lowest BCUT2D eigenvalue weighted by Crippen LogP contribution is -2.24. The third-order valence-corrected chi connectivity index (χ3v) is 5.35. The first kappa shape index (κ1) is 15.2. The number of rotatable bonds is 4. The highest BCUT2D eigenvalue weighted by Crippen LogP contribution is 2.23. The number of benzene rings is 1. The Hall–Kier alpha value is -1.24. The van der Waals surface area contributed by atoms with Gasteiger partial charge >= 0.3 is 0 Å². The fourth-order valence-electron chi connectivity index (χ4n) is 1.76. The lowest BCUT2D eigenvalue weighted by Gasteiger charge is -2.10. The van der Waals surface area contributed by atoms with Crippen molar-refractivity contribution in [3.63, 3.8) is 0 Å². The Balaban J connectivity index is 2.22. The Bertz CT molecular complexity index is 730. The van der Waals surface area contributed by atoms with E-state index in [1.54, 1.807) is 30.6 Å². The molecular weight excluding hydrogens is 340 g/mol. The number of aromatic nitrogens is 1. The van der Waals surface area contributed by atoms with E-state index in [1.165, 1.54) is 0 Å². The first-order valence-corrected chi connectivity index (χ1v) is 8.33. The van der Waals surface area contributed by atoms with E-state index < -0.39 is 10.0 Å². The van der Waals surface area contributed by atoms with E-state index in [0.29, 0.717) is 4.47 Å². The van der Waals surface area contributed by atoms with Crippen LogP contribution in [0.4, 0.5) is 0 Å². The maximum Gasteiger partial charge on any atom is 0.241 e. The molecule has 106 valence electrons. The van der Waals surface area contributed by atoms with Crippen LogP contribution in [0, 0.1) is 13.8 Å². The van der Waals surface area contributed by atoms with Crippen molar-refractivity contribution < 1.29 is 8.42 Å². The molecule has 0 aliphatic heterocycles. The van der Waals surface area contributed by atoms with Crippen LogP contribution in [0.2, 0.25) is 0 Å². The Morgan fingerprint density at radius 2 is 2.00 bits per heavy atom. The highest BCUT2D eigenvalue weighted by molar-refractivity contribution is 9.10. The summed E-state index contributed by atoms with van der Waals surface area (Å²) in [5.74, 6) is 0. The summed E-state index contributed by atoms with van der Waals surface area (Å²) in [7, 11) is -3.55. The van der Waals surface area contributed by atoms with E-state index in [2.05, 4.69) is 25.6 Å². The molecular formula is C14H15BrN2O2S. The number of halogens is 1. The fourth-order valence-corrected chi connectivity index (χ4v) is 3.95. The second-order valence-electron chi connectivity index (χ2n) is 4.56. The van der Waals surface area contributed by atoms with Gasteiger partial charge in [-0.05, 0) is 64.7 Å². The first-order valence-electron chi connectivity index (χ1n) is 6.05. The fraction of sp³-hybridized carbons (Fsp3) is 0.214. The van der Waals surface area contributed by atoms with Crippen molar-refractivity contribution in [2.75, 3.05) is 0 Å². The van der Waals surface area contributed by atoms with Gasteiger partial charge in [-0.1, -0.05) is 6.07 Å². The Labute approximate surface area is 127 Å². The zero-order valence-corrected chi connectivity index (χ0v) is 13.6. The van der Waals surface area contributed by atoms with E-state index in [9.17, 15) is 8.42 Å². The summed E-state index contributed by atoms with van der Waals surface area (Å²) in [5, 5.41) is 0. The van der Waals surface area contributed by atoms with Gasteiger partial charge in [0, 0.05) is 23.4 Å². The SMILES string of the molecule is Cc1ccc(S(=O)(=O)NCc2cnccc2C)c(Br)c1. The first-order chi connectivity index (χ1) is 9.40. The minimum Gasteiger partial charge on any atom is -0.264 e. The highest BCUT2D eigenvalue weighted by Gasteiger charge is 2.17. The van der Waals surface area contributed by atoms with Crippen molar-refractivity contribution in [1.29, 1.82) is 0 Å². The standard InChI is InChI=1S/C14H15BrN2O2S/c1-10-3-4-14(13(15)7-10)20(18,19)17-9-12-8-16-6-5-11(12)2/h3-8,17H,9H2,1-2H3. The largest absolute Gasteiger partial charge is 0.264 e. The molecule has 4 nitrogen and oxygen atoms in total. The van der Waals surface area contributed by atoms with Gasteiger partial charge in [-0.2, -0.15) is 0 Å². The molecule has 20 heavy (non-hydrogen) atoms. The number of aryl methyl sites for hydroxylation is 2. The van der Waals surface area contributed by atoms with Gasteiger partial charge in [0.1, 0.15) is 0 Å². The van der Waals surface area contributed by atoms with Crippen LogP contribution in [-0.2, 0) is 16.6 Å². The summed E-state index contributed by atoms with van der Waals surface area (Å²) in [6, 6.07) is 7.00. The van der Waals surface area contributed by atoms with E-state index in [4.69, 9.17) is 0 Å². The summed E-state index contributed by atoms with van der Waals surface area (Å²) in [6.07, 6.45) is 3.35. The zero-order chi connectivity index (χ0) is 14.8. The Kier molecular flexibility index (Phi) is 4.57. The predicted octanol–water partition coefficient (Wildman–Crippen LogP) is 2.94. The molecule has 0 spiro atoms. The van der Waals surface area contributed by atoms with Crippen molar-refractivity contribution in [2.24, 2.45) is 0 Å². The molecule has 1 heterocycles. The minimum atomic E-state index is -3.55. The number of sulfonamides is 1. The quantitative estimate of drug-likeness (QED) is 0.917. The van der Waals surface area contributed by atoms with Crippen molar-refractivity contribution in [2.45, 2.75) is 25.3 Å². The highest BCUT2D eigenvalue weighted by atomic mass is 79.9. The molecule has 1 aromatic heterocycles. The summed E-state index contributed by atoms with van der Waals surface area (Å²) < 4.78 is 27.7. The predicted molar refractivity (Wildman–Crippen MR) is 81.9 cm³/mol. The maximum atomic E-state index is 12.3. The number of nitrogens with one attached hydrogen (secondary N) is 1. The molecule has 0 unspecified atom stereocenters. The van der Waals surface area contributed by atoms with Crippen LogP contribution in [0.5, 0.6) is 0 Å². The molecule has 6 heteroatoms. The zero-order valence-electron chi connectivity index (χ0n) is 11.2. The number of pyridine rings is 1. The smallest absolute Gasteiger partial charge is 0.241 e. The van der Waals surface area contributed by atoms with Crippen LogP contribution in [0.15, 0.2) is 46.0 Å². The summed E-state index contributed by atoms with van der Waals surface area (Å²) >= 11 is 3.29. The van der Waals surface area contributed by atoms with E-state index in [0.717, 1.165) is 16.7 Å². The molecule has 0 saturated carbocycles. The van der Waals surface area contributed by atoms with Crippen molar-refractivity contribution in [1.82, 2.24) is 9.71 Å². The molecule has 0 radical (unpaired) electrons. The molecule has 0 amide bonds. The lowest BCUT2D eigenvalue weighted by molar-refractivity contribution is 0.580. The molecule has 2 rings (SSSR count). The molecule has 1 N–H and O–H groups in total. The average molecular weight is 355 g/mol. The third-order valence-electron chi connectivity index (χ3n) is 2.98. The topological polar surface area (TPSA) is 59.1 Å². The molecule has 0 aliphatic rings. The van der Waals surface area contributed by atoms with Crippen LogP contribution in [0.1, 0.15) is 16.7 Å². The van der Waals surface area contributed by atoms with E-state index in [-0.39, 0.29) is 11.4 Å². The second kappa shape index (κ2) is 6.03. The van der Waals surface area contributed by atoms with Gasteiger partial charge in [0.2, 0.25) is 10.0 Å². The van der Waals surface area contributed by atoms with Crippen LogP contribution in [0.25, 0.3) is 0 Å². The molecule has 0 aliphatic carbocycles. The minimum absolute atomic E-state index is 0.225. The van der Waals surface area contributed by atoms with Gasteiger partial charge in [-0.3, -0.25) is 4.98 Å². The molecule has 1 aromatic carbocycles. The average Bonchev–Trinajstić information content (AvgIpc) is 2.37. The van der Waals surface area contributed by atoms with Crippen LogP contribution >= 0.6 is 15.9 Å². The Morgan fingerprint density at radius 1 is 1.25 bits per heavy atom. The molecule has 0 saturated heterocycles. The Morgan fingerprint density at radius 3 is 2.65 bits per heavy atom. The summed E-state index contributed by atoms with van der Waals surface area (Å²) in [6.45, 7) is 4.06.